The van der Waals surface area contributed by atoms with E-state index in [0.29, 0.717) is 6.54 Å². The van der Waals surface area contributed by atoms with E-state index in [0.717, 1.165) is 0 Å². The van der Waals surface area contributed by atoms with Crippen LogP contribution >= 0.6 is 0 Å². The van der Waals surface area contributed by atoms with Crippen molar-refractivity contribution in [2.24, 2.45) is 5.92 Å². The van der Waals surface area contributed by atoms with Crippen molar-refractivity contribution in [1.82, 2.24) is 5.32 Å². The van der Waals surface area contributed by atoms with Crippen LogP contribution < -0.4 is 5.32 Å². The highest BCUT2D eigenvalue weighted by Crippen LogP contribution is 2.18. The van der Waals surface area contributed by atoms with Crippen molar-refractivity contribution in [3.8, 4) is 0 Å². The Hall–Kier alpha value is -0.710. The first-order valence-electron chi connectivity index (χ1n) is 3.82. The molecule has 1 heterocycles. The fourth-order valence-electron chi connectivity index (χ4n) is 1.27. The Morgan fingerprint density at radius 1 is 1.67 bits per heavy atom. The standard InChI is InChI=1S/C7H11F2NO2/c8-6(9)2-5(11)4-1-7(12)10-3-4/h4-6,11H,1-3H2,(H,10,12)/t4?,5-/m1/s1. The minimum Gasteiger partial charge on any atom is -0.393 e. The number of carbonyl (C=O) groups excluding carboxylic acids is 1. The first-order valence-corrected chi connectivity index (χ1v) is 3.82. The van der Waals surface area contributed by atoms with Crippen LogP contribution in [0.3, 0.4) is 0 Å². The van der Waals surface area contributed by atoms with Crippen molar-refractivity contribution in [2.45, 2.75) is 25.4 Å². The fraction of sp³-hybridized carbons (Fsp3) is 0.857. The molecule has 1 fully saturated rings. The zero-order valence-electron chi connectivity index (χ0n) is 6.46. The van der Waals surface area contributed by atoms with Gasteiger partial charge in [-0.15, -0.1) is 0 Å². The molecule has 0 aromatic rings. The molecule has 0 aromatic heterocycles. The quantitative estimate of drug-likeness (QED) is 0.647. The van der Waals surface area contributed by atoms with E-state index < -0.39 is 19.0 Å². The number of hydrogen-bond acceptors (Lipinski definition) is 2. The van der Waals surface area contributed by atoms with Gasteiger partial charge in [0.25, 0.3) is 0 Å². The molecule has 0 spiro atoms. The molecule has 0 aromatic carbocycles. The van der Waals surface area contributed by atoms with Gasteiger partial charge < -0.3 is 10.4 Å². The summed E-state index contributed by atoms with van der Waals surface area (Å²) in [4.78, 5) is 10.6. The topological polar surface area (TPSA) is 49.3 Å². The van der Waals surface area contributed by atoms with Crippen LogP contribution in [0.1, 0.15) is 12.8 Å². The Balaban J connectivity index is 2.32. The summed E-state index contributed by atoms with van der Waals surface area (Å²) in [7, 11) is 0. The minimum atomic E-state index is -2.50. The Kier molecular flexibility index (Phi) is 2.97. The average molecular weight is 179 g/mol. The molecule has 0 saturated carbocycles. The van der Waals surface area contributed by atoms with E-state index in [-0.39, 0.29) is 18.2 Å². The summed E-state index contributed by atoms with van der Waals surface area (Å²) in [6.45, 7) is 0.312. The van der Waals surface area contributed by atoms with Crippen LogP contribution in [0.5, 0.6) is 0 Å². The van der Waals surface area contributed by atoms with Crippen molar-refractivity contribution in [3.05, 3.63) is 0 Å². The third-order valence-corrected chi connectivity index (χ3v) is 1.97. The zero-order chi connectivity index (χ0) is 9.14. The number of alkyl halides is 2. The van der Waals surface area contributed by atoms with Crippen molar-refractivity contribution in [3.63, 3.8) is 0 Å². The molecule has 1 aliphatic heterocycles. The van der Waals surface area contributed by atoms with Gasteiger partial charge in [-0.25, -0.2) is 8.78 Å². The lowest BCUT2D eigenvalue weighted by molar-refractivity contribution is -0.119. The third-order valence-electron chi connectivity index (χ3n) is 1.97. The number of aliphatic hydroxyl groups is 1. The molecule has 1 aliphatic rings. The highest BCUT2D eigenvalue weighted by molar-refractivity contribution is 5.78. The van der Waals surface area contributed by atoms with E-state index in [1.807, 2.05) is 0 Å². The first-order chi connectivity index (χ1) is 5.59. The summed E-state index contributed by atoms with van der Waals surface area (Å²) in [5.41, 5.74) is 0. The van der Waals surface area contributed by atoms with E-state index in [1.165, 1.54) is 0 Å². The van der Waals surface area contributed by atoms with Gasteiger partial charge in [0.05, 0.1) is 6.10 Å². The van der Waals surface area contributed by atoms with E-state index in [4.69, 9.17) is 5.11 Å². The van der Waals surface area contributed by atoms with Gasteiger partial charge in [0.2, 0.25) is 12.3 Å². The Morgan fingerprint density at radius 2 is 2.33 bits per heavy atom. The Labute approximate surface area is 68.8 Å². The minimum absolute atomic E-state index is 0.161. The first kappa shape index (κ1) is 9.38. The van der Waals surface area contributed by atoms with E-state index in [1.54, 1.807) is 0 Å². The molecular formula is C7H11F2NO2. The molecule has 0 bridgehead atoms. The summed E-state index contributed by atoms with van der Waals surface area (Å²) in [6.07, 6.45) is -3.95. The normalized spacial score (nSPS) is 26.0. The van der Waals surface area contributed by atoms with Gasteiger partial charge in [-0.2, -0.15) is 0 Å². The van der Waals surface area contributed by atoms with Crippen LogP contribution in [0.2, 0.25) is 0 Å². The maximum Gasteiger partial charge on any atom is 0.241 e. The van der Waals surface area contributed by atoms with Gasteiger partial charge in [0, 0.05) is 25.3 Å². The highest BCUT2D eigenvalue weighted by atomic mass is 19.3. The zero-order valence-corrected chi connectivity index (χ0v) is 6.46. The van der Waals surface area contributed by atoms with Gasteiger partial charge in [-0.05, 0) is 0 Å². The van der Waals surface area contributed by atoms with Gasteiger partial charge in [-0.1, -0.05) is 0 Å². The number of hydrogen-bond donors (Lipinski definition) is 2. The largest absolute Gasteiger partial charge is 0.393 e. The maximum absolute atomic E-state index is 11.8. The second kappa shape index (κ2) is 3.80. The predicted molar refractivity (Wildman–Crippen MR) is 37.7 cm³/mol. The van der Waals surface area contributed by atoms with Gasteiger partial charge >= 0.3 is 0 Å². The molecule has 3 nitrogen and oxygen atoms in total. The predicted octanol–water partition coefficient (Wildman–Crippen LogP) is 0.139. The number of halogens is 2. The molecule has 12 heavy (non-hydrogen) atoms. The van der Waals surface area contributed by atoms with Crippen molar-refractivity contribution in [2.75, 3.05) is 6.54 Å². The van der Waals surface area contributed by atoms with Crippen molar-refractivity contribution < 1.29 is 18.7 Å². The summed E-state index contributed by atoms with van der Waals surface area (Å²) >= 11 is 0. The summed E-state index contributed by atoms with van der Waals surface area (Å²) in [5, 5.41) is 11.6. The number of aliphatic hydroxyl groups excluding tert-OH is 1. The number of carbonyl (C=O) groups is 1. The van der Waals surface area contributed by atoms with Gasteiger partial charge in [0.1, 0.15) is 0 Å². The molecule has 0 aliphatic carbocycles. The van der Waals surface area contributed by atoms with Crippen molar-refractivity contribution >= 4 is 5.91 Å². The molecule has 1 unspecified atom stereocenters. The molecule has 1 rings (SSSR count). The smallest absolute Gasteiger partial charge is 0.241 e. The number of nitrogens with one attached hydrogen (secondary N) is 1. The highest BCUT2D eigenvalue weighted by Gasteiger charge is 2.29. The lowest BCUT2D eigenvalue weighted by atomic mass is 9.99. The number of amides is 1. The van der Waals surface area contributed by atoms with E-state index in [2.05, 4.69) is 5.32 Å². The fourth-order valence-corrected chi connectivity index (χ4v) is 1.27. The Morgan fingerprint density at radius 3 is 2.75 bits per heavy atom. The molecule has 0 radical (unpaired) electrons. The maximum atomic E-state index is 11.8. The molecule has 1 amide bonds. The van der Waals surface area contributed by atoms with Crippen LogP contribution in [-0.2, 0) is 4.79 Å². The van der Waals surface area contributed by atoms with Crippen molar-refractivity contribution in [1.29, 1.82) is 0 Å². The van der Waals surface area contributed by atoms with Crippen LogP contribution in [0.25, 0.3) is 0 Å². The van der Waals surface area contributed by atoms with Crippen LogP contribution in [-0.4, -0.2) is 30.1 Å². The third kappa shape index (κ3) is 2.41. The summed E-state index contributed by atoms with van der Waals surface area (Å²) in [6, 6.07) is 0. The molecule has 5 heteroatoms. The van der Waals surface area contributed by atoms with E-state index >= 15 is 0 Å². The van der Waals surface area contributed by atoms with Gasteiger partial charge in [0.15, 0.2) is 0 Å². The molecule has 70 valence electrons. The van der Waals surface area contributed by atoms with E-state index in [9.17, 15) is 13.6 Å². The van der Waals surface area contributed by atoms with Gasteiger partial charge in [-0.3, -0.25) is 4.79 Å². The lowest BCUT2D eigenvalue weighted by Gasteiger charge is -2.14. The average Bonchev–Trinajstić information content (AvgIpc) is 2.34. The molecular weight excluding hydrogens is 168 g/mol. The SMILES string of the molecule is O=C1CC([C@H](O)CC(F)F)CN1. The van der Waals surface area contributed by atoms with Crippen LogP contribution in [0.15, 0.2) is 0 Å². The number of rotatable bonds is 3. The van der Waals surface area contributed by atoms with Crippen LogP contribution in [0.4, 0.5) is 8.78 Å². The van der Waals surface area contributed by atoms with Crippen LogP contribution in [0, 0.1) is 5.92 Å². The molecule has 1 saturated heterocycles. The Bertz CT molecular complexity index is 175. The lowest BCUT2D eigenvalue weighted by Crippen LogP contribution is -2.24. The molecule has 2 atom stereocenters. The molecule has 2 N–H and O–H groups in total. The monoisotopic (exact) mass is 179 g/mol. The summed E-state index contributed by atoms with van der Waals surface area (Å²) in [5.74, 6) is -0.514. The second-order valence-corrected chi connectivity index (χ2v) is 2.96. The summed E-state index contributed by atoms with van der Waals surface area (Å²) < 4.78 is 23.5. The second-order valence-electron chi connectivity index (χ2n) is 2.96.